The van der Waals surface area contributed by atoms with Crippen LogP contribution in [-0.2, 0) is 16.0 Å². The molecule has 45 heavy (non-hydrogen) atoms. The Balaban J connectivity index is 1.03. The van der Waals surface area contributed by atoms with Crippen LogP contribution in [0.4, 0.5) is 22.2 Å². The van der Waals surface area contributed by atoms with Crippen LogP contribution in [0.25, 0.3) is 10.9 Å². The highest BCUT2D eigenvalue weighted by atomic mass is 35.5. The Kier molecular flexibility index (Phi) is 8.60. The Morgan fingerprint density at radius 3 is 2.51 bits per heavy atom. The van der Waals surface area contributed by atoms with Gasteiger partial charge in [0.05, 0.1) is 30.5 Å². The van der Waals surface area contributed by atoms with Crippen LogP contribution in [0.3, 0.4) is 0 Å². The molecule has 1 spiro atoms. The second-order valence-corrected chi connectivity index (χ2v) is 13.9. The summed E-state index contributed by atoms with van der Waals surface area (Å²) >= 11 is 6.52. The number of fused-ring (bicyclic) bond motifs is 1. The number of aryl methyl sites for hydroxylation is 1. The lowest BCUT2D eigenvalue weighted by Crippen LogP contribution is -2.66. The highest BCUT2D eigenvalue weighted by molar-refractivity contribution is 6.32. The monoisotopic (exact) mass is 638 g/mol. The number of benzene rings is 1. The molecule has 1 N–H and O–H groups in total. The molecule has 12 heteroatoms. The van der Waals surface area contributed by atoms with Gasteiger partial charge in [-0.15, -0.1) is 0 Å². The van der Waals surface area contributed by atoms with Gasteiger partial charge < -0.3 is 33.9 Å². The van der Waals surface area contributed by atoms with Gasteiger partial charge in [0.1, 0.15) is 10.6 Å². The number of aromatic nitrogens is 3. The van der Waals surface area contributed by atoms with Crippen molar-refractivity contribution in [3.63, 3.8) is 0 Å². The van der Waals surface area contributed by atoms with Crippen molar-refractivity contribution in [3.8, 4) is 5.75 Å². The SMILES string of the molecule is CCOc1cc2cc(Nc3nc(N4CCC(OC5CC6(C5)CN(C(=O)OC(C)(C)C)C6)CC4)ncc3Cl)ccc2n(CC)c1=O. The van der Waals surface area contributed by atoms with Crippen molar-refractivity contribution in [2.45, 2.75) is 84.7 Å². The van der Waals surface area contributed by atoms with Crippen LogP contribution >= 0.6 is 11.6 Å². The molecule has 6 rings (SSSR count). The molecule has 2 aliphatic heterocycles. The van der Waals surface area contributed by atoms with Crippen molar-refractivity contribution in [1.29, 1.82) is 0 Å². The minimum atomic E-state index is -0.468. The second-order valence-electron chi connectivity index (χ2n) is 13.4. The number of nitrogens with zero attached hydrogens (tertiary/aromatic N) is 5. The average molecular weight is 639 g/mol. The highest BCUT2D eigenvalue weighted by Crippen LogP contribution is 2.50. The van der Waals surface area contributed by atoms with Crippen LogP contribution < -0.4 is 20.5 Å². The molecule has 3 fully saturated rings. The maximum Gasteiger partial charge on any atom is 0.410 e. The Bertz CT molecular complexity index is 1620. The summed E-state index contributed by atoms with van der Waals surface area (Å²) in [5, 5.41) is 4.65. The van der Waals surface area contributed by atoms with E-state index in [0.29, 0.717) is 35.7 Å². The van der Waals surface area contributed by atoms with Gasteiger partial charge in [-0.2, -0.15) is 4.98 Å². The quantitative estimate of drug-likeness (QED) is 0.318. The summed E-state index contributed by atoms with van der Waals surface area (Å²) in [6.07, 6.45) is 5.66. The van der Waals surface area contributed by atoms with Gasteiger partial charge in [0.2, 0.25) is 5.95 Å². The maximum absolute atomic E-state index is 12.8. The highest BCUT2D eigenvalue weighted by Gasteiger charge is 2.55. The lowest BCUT2D eigenvalue weighted by molar-refractivity contribution is -0.167. The second kappa shape index (κ2) is 12.3. The third kappa shape index (κ3) is 6.70. The summed E-state index contributed by atoms with van der Waals surface area (Å²) in [5.74, 6) is 1.48. The van der Waals surface area contributed by atoms with E-state index in [1.54, 1.807) is 21.7 Å². The third-order valence-corrected chi connectivity index (χ3v) is 9.08. The molecule has 11 nitrogen and oxygen atoms in total. The zero-order valence-electron chi connectivity index (χ0n) is 26.8. The van der Waals surface area contributed by atoms with Gasteiger partial charge in [-0.25, -0.2) is 9.78 Å². The molecule has 2 aromatic heterocycles. The zero-order chi connectivity index (χ0) is 31.9. The van der Waals surface area contributed by atoms with Crippen molar-refractivity contribution >= 4 is 46.1 Å². The fraction of sp³-hybridized carbons (Fsp3) is 0.576. The van der Waals surface area contributed by atoms with Crippen LogP contribution in [0, 0.1) is 5.41 Å². The van der Waals surface area contributed by atoms with Gasteiger partial charge in [0.25, 0.3) is 5.56 Å². The molecule has 0 atom stereocenters. The molecule has 0 bridgehead atoms. The van der Waals surface area contributed by atoms with E-state index >= 15 is 0 Å². The molecular weight excluding hydrogens is 596 g/mol. The van der Waals surface area contributed by atoms with E-state index in [2.05, 4.69) is 15.2 Å². The van der Waals surface area contributed by atoms with Crippen LogP contribution in [-0.4, -0.2) is 76.1 Å². The number of pyridine rings is 1. The molecule has 3 aliphatic rings. The summed E-state index contributed by atoms with van der Waals surface area (Å²) in [6.45, 7) is 13.6. The summed E-state index contributed by atoms with van der Waals surface area (Å²) in [7, 11) is 0. The molecule has 1 aliphatic carbocycles. The minimum Gasteiger partial charge on any atom is -0.488 e. The topological polar surface area (TPSA) is 111 Å². The first-order chi connectivity index (χ1) is 21.5. The molecule has 3 aromatic rings. The Morgan fingerprint density at radius 1 is 1.11 bits per heavy atom. The molecule has 0 unspecified atom stereocenters. The van der Waals surface area contributed by atoms with E-state index < -0.39 is 5.60 Å². The number of rotatable bonds is 8. The predicted octanol–water partition coefficient (Wildman–Crippen LogP) is 5.99. The number of hydrogen-bond donors (Lipinski definition) is 1. The minimum absolute atomic E-state index is 0.133. The molecule has 242 valence electrons. The van der Waals surface area contributed by atoms with Gasteiger partial charge in [-0.05, 0) is 84.6 Å². The Morgan fingerprint density at radius 2 is 1.84 bits per heavy atom. The lowest BCUT2D eigenvalue weighted by Gasteiger charge is -2.58. The average Bonchev–Trinajstić information content (AvgIpc) is 2.95. The smallest absolute Gasteiger partial charge is 0.410 e. The van der Waals surface area contributed by atoms with E-state index in [-0.39, 0.29) is 29.3 Å². The van der Waals surface area contributed by atoms with Crippen molar-refractivity contribution in [2.24, 2.45) is 5.41 Å². The number of piperidine rings is 1. The molecule has 1 saturated carbocycles. The fourth-order valence-electron chi connectivity index (χ4n) is 6.69. The molecule has 4 heterocycles. The lowest BCUT2D eigenvalue weighted by atomic mass is 9.62. The van der Waals surface area contributed by atoms with E-state index in [4.69, 9.17) is 30.8 Å². The van der Waals surface area contributed by atoms with E-state index in [0.717, 1.165) is 68.5 Å². The number of ether oxygens (including phenoxy) is 3. The van der Waals surface area contributed by atoms with Crippen LogP contribution in [0.1, 0.15) is 60.3 Å². The first kappa shape index (κ1) is 31.4. The number of anilines is 3. The van der Waals surface area contributed by atoms with E-state index in [1.807, 2.05) is 52.8 Å². The molecule has 0 radical (unpaired) electrons. The maximum atomic E-state index is 12.8. The van der Waals surface area contributed by atoms with Crippen molar-refractivity contribution in [1.82, 2.24) is 19.4 Å². The van der Waals surface area contributed by atoms with Gasteiger partial charge in [-0.3, -0.25) is 4.79 Å². The Hall–Kier alpha value is -3.57. The Labute approximate surface area is 268 Å². The van der Waals surface area contributed by atoms with E-state index in [1.165, 1.54) is 0 Å². The number of likely N-dealkylation sites (tertiary alicyclic amines) is 1. The molecule has 1 aromatic carbocycles. The predicted molar refractivity (Wildman–Crippen MR) is 175 cm³/mol. The normalized spacial score (nSPS) is 18.5. The van der Waals surface area contributed by atoms with Crippen molar-refractivity contribution in [3.05, 3.63) is 45.8 Å². The van der Waals surface area contributed by atoms with Gasteiger partial charge in [-0.1, -0.05) is 11.6 Å². The first-order valence-corrected chi connectivity index (χ1v) is 16.3. The number of carbonyl (C=O) groups excluding carboxylic acids is 1. The first-order valence-electron chi connectivity index (χ1n) is 15.9. The fourth-order valence-corrected chi connectivity index (χ4v) is 6.83. The van der Waals surface area contributed by atoms with Crippen LogP contribution in [0.15, 0.2) is 35.3 Å². The summed E-state index contributed by atoms with van der Waals surface area (Å²) in [4.78, 5) is 38.3. The van der Waals surface area contributed by atoms with Gasteiger partial charge in [0, 0.05) is 49.2 Å². The van der Waals surface area contributed by atoms with Crippen LogP contribution in [0.5, 0.6) is 5.75 Å². The third-order valence-electron chi connectivity index (χ3n) is 8.81. The zero-order valence-corrected chi connectivity index (χ0v) is 27.5. The number of carbonyl (C=O) groups is 1. The number of amides is 1. The number of nitrogens with one attached hydrogen (secondary N) is 1. The summed E-state index contributed by atoms with van der Waals surface area (Å²) in [5.41, 5.74) is 1.23. The summed E-state index contributed by atoms with van der Waals surface area (Å²) < 4.78 is 19.3. The van der Waals surface area contributed by atoms with E-state index in [9.17, 15) is 9.59 Å². The van der Waals surface area contributed by atoms with Gasteiger partial charge >= 0.3 is 6.09 Å². The summed E-state index contributed by atoms with van der Waals surface area (Å²) in [6, 6.07) is 7.59. The van der Waals surface area contributed by atoms with Gasteiger partial charge in [0.15, 0.2) is 11.6 Å². The van der Waals surface area contributed by atoms with Crippen molar-refractivity contribution < 1.29 is 19.0 Å². The molecular formula is C33H43ClN6O5. The molecule has 1 amide bonds. The number of halogens is 1. The van der Waals surface area contributed by atoms with Crippen LogP contribution in [0.2, 0.25) is 5.02 Å². The number of hydrogen-bond acceptors (Lipinski definition) is 9. The molecule has 2 saturated heterocycles. The standard InChI is InChI=1S/C33H43ClN6O5/c1-6-40-26-9-8-22(14-21(26)15-27(29(40)41)43-7-2)36-28-25(34)18-35-30(37-28)38-12-10-23(11-13-38)44-24-16-33(17-24)19-39(20-33)31(42)45-32(3,4)5/h8-9,14-15,18,23-24H,6-7,10-13,16-17,19-20H2,1-5H3,(H,35,36,37). The van der Waals surface area contributed by atoms with Crippen molar-refractivity contribution in [2.75, 3.05) is 43.0 Å². The largest absolute Gasteiger partial charge is 0.488 e.